The fourth-order valence-corrected chi connectivity index (χ4v) is 2.11. The quantitative estimate of drug-likeness (QED) is 0.782. The first-order valence-electron chi connectivity index (χ1n) is 6.63. The summed E-state index contributed by atoms with van der Waals surface area (Å²) in [5, 5.41) is 7.89. The lowest BCUT2D eigenvalue weighted by atomic mass is 9.97. The Morgan fingerprint density at radius 1 is 1.32 bits per heavy atom. The van der Waals surface area contributed by atoms with Crippen LogP contribution in [-0.2, 0) is 4.74 Å². The van der Waals surface area contributed by atoms with Gasteiger partial charge in [-0.3, -0.25) is 0 Å². The van der Waals surface area contributed by atoms with Crippen molar-refractivity contribution < 1.29 is 13.9 Å². The normalized spacial score (nSPS) is 17.6. The maximum absolute atomic E-state index is 11.9. The van der Waals surface area contributed by atoms with E-state index in [0.717, 1.165) is 12.8 Å². The minimum Gasteiger partial charge on any atom is -0.444 e. The van der Waals surface area contributed by atoms with Crippen LogP contribution >= 0.6 is 0 Å². The van der Waals surface area contributed by atoms with E-state index in [-0.39, 0.29) is 12.0 Å². The van der Waals surface area contributed by atoms with Gasteiger partial charge in [-0.2, -0.15) is 0 Å². The van der Waals surface area contributed by atoms with E-state index in [4.69, 9.17) is 9.15 Å². The molecule has 2 heterocycles. The predicted molar refractivity (Wildman–Crippen MR) is 68.8 cm³/mol. The second kappa shape index (κ2) is 5.19. The maximum atomic E-state index is 11.9. The van der Waals surface area contributed by atoms with Crippen LogP contribution in [0.2, 0.25) is 0 Å². The topological polar surface area (TPSA) is 68.5 Å². The summed E-state index contributed by atoms with van der Waals surface area (Å²) in [4.78, 5) is 13.7. The highest BCUT2D eigenvalue weighted by atomic mass is 16.6. The monoisotopic (exact) mass is 267 g/mol. The van der Waals surface area contributed by atoms with E-state index in [1.54, 1.807) is 11.8 Å². The van der Waals surface area contributed by atoms with Crippen LogP contribution in [0.5, 0.6) is 0 Å². The maximum Gasteiger partial charge on any atom is 0.410 e. The summed E-state index contributed by atoms with van der Waals surface area (Å²) in [6.45, 7) is 8.74. The molecule has 0 spiro atoms. The van der Waals surface area contributed by atoms with Crippen molar-refractivity contribution in [2.75, 3.05) is 13.1 Å². The number of aromatic nitrogens is 2. The third-order valence-corrected chi connectivity index (χ3v) is 3.04. The van der Waals surface area contributed by atoms with Gasteiger partial charge in [0.05, 0.1) is 0 Å². The molecule has 0 N–H and O–H groups in total. The molecule has 1 saturated heterocycles. The molecule has 19 heavy (non-hydrogen) atoms. The number of piperidine rings is 1. The van der Waals surface area contributed by atoms with Crippen molar-refractivity contribution in [1.82, 2.24) is 15.1 Å². The Morgan fingerprint density at radius 3 is 2.42 bits per heavy atom. The molecule has 1 aliphatic heterocycles. The van der Waals surface area contributed by atoms with E-state index in [1.165, 1.54) is 0 Å². The zero-order valence-electron chi connectivity index (χ0n) is 12.0. The number of rotatable bonds is 1. The molecule has 0 radical (unpaired) electrons. The first-order chi connectivity index (χ1) is 8.85. The number of aryl methyl sites for hydroxylation is 1. The smallest absolute Gasteiger partial charge is 0.410 e. The van der Waals surface area contributed by atoms with Crippen molar-refractivity contribution in [3.05, 3.63) is 11.8 Å². The fourth-order valence-electron chi connectivity index (χ4n) is 2.11. The zero-order chi connectivity index (χ0) is 14.0. The number of ether oxygens (including phenoxy) is 1. The molecule has 6 heteroatoms. The molecule has 0 aromatic carbocycles. The number of carbonyl (C=O) groups excluding carboxylic acids is 1. The molecular formula is C13H21N3O3. The van der Waals surface area contributed by atoms with Gasteiger partial charge in [0.15, 0.2) is 0 Å². The summed E-state index contributed by atoms with van der Waals surface area (Å²) in [5.74, 6) is 1.52. The van der Waals surface area contributed by atoms with Crippen LogP contribution in [0.25, 0.3) is 0 Å². The average molecular weight is 267 g/mol. The summed E-state index contributed by atoms with van der Waals surface area (Å²) in [6.07, 6.45) is 1.43. The molecule has 1 aromatic rings. The second-order valence-electron chi connectivity index (χ2n) is 5.90. The highest BCUT2D eigenvalue weighted by molar-refractivity contribution is 5.68. The van der Waals surface area contributed by atoms with Crippen LogP contribution < -0.4 is 0 Å². The van der Waals surface area contributed by atoms with E-state index in [1.807, 2.05) is 20.8 Å². The van der Waals surface area contributed by atoms with Crippen molar-refractivity contribution in [1.29, 1.82) is 0 Å². The third kappa shape index (κ3) is 3.68. The van der Waals surface area contributed by atoms with Crippen molar-refractivity contribution in [3.63, 3.8) is 0 Å². The lowest BCUT2D eigenvalue weighted by Crippen LogP contribution is -2.41. The van der Waals surface area contributed by atoms with Crippen LogP contribution in [0.3, 0.4) is 0 Å². The van der Waals surface area contributed by atoms with Gasteiger partial charge in [0.2, 0.25) is 11.8 Å². The van der Waals surface area contributed by atoms with Gasteiger partial charge in [0, 0.05) is 25.9 Å². The average Bonchev–Trinajstić information content (AvgIpc) is 2.74. The molecular weight excluding hydrogens is 246 g/mol. The second-order valence-corrected chi connectivity index (χ2v) is 5.90. The molecule has 0 bridgehead atoms. The van der Waals surface area contributed by atoms with Crippen molar-refractivity contribution >= 4 is 6.09 Å². The van der Waals surface area contributed by atoms with Crippen LogP contribution in [0.4, 0.5) is 4.79 Å². The molecule has 1 aliphatic rings. The zero-order valence-corrected chi connectivity index (χ0v) is 12.0. The van der Waals surface area contributed by atoms with Gasteiger partial charge in [-0.15, -0.1) is 10.2 Å². The Morgan fingerprint density at radius 2 is 1.95 bits per heavy atom. The van der Waals surface area contributed by atoms with Crippen LogP contribution in [0.15, 0.2) is 4.42 Å². The summed E-state index contributed by atoms with van der Waals surface area (Å²) in [5.41, 5.74) is -0.447. The number of nitrogens with zero attached hydrogens (tertiary/aromatic N) is 3. The van der Waals surface area contributed by atoms with Crippen molar-refractivity contribution in [2.24, 2.45) is 0 Å². The molecule has 2 rings (SSSR count). The number of amides is 1. The number of likely N-dealkylation sites (tertiary alicyclic amines) is 1. The van der Waals surface area contributed by atoms with E-state index in [9.17, 15) is 4.79 Å². The summed E-state index contributed by atoms with van der Waals surface area (Å²) >= 11 is 0. The summed E-state index contributed by atoms with van der Waals surface area (Å²) in [7, 11) is 0. The molecule has 0 aliphatic carbocycles. The Kier molecular flexibility index (Phi) is 3.78. The van der Waals surface area contributed by atoms with Crippen LogP contribution in [0.1, 0.15) is 51.3 Å². The van der Waals surface area contributed by atoms with E-state index < -0.39 is 5.60 Å². The van der Waals surface area contributed by atoms with Gasteiger partial charge in [-0.05, 0) is 33.6 Å². The van der Waals surface area contributed by atoms with Gasteiger partial charge in [0.25, 0.3) is 0 Å². The molecule has 0 unspecified atom stereocenters. The minimum absolute atomic E-state index is 0.243. The first kappa shape index (κ1) is 13.8. The number of carbonyl (C=O) groups is 1. The number of hydrogen-bond donors (Lipinski definition) is 0. The van der Waals surface area contributed by atoms with Gasteiger partial charge in [-0.25, -0.2) is 4.79 Å². The number of hydrogen-bond acceptors (Lipinski definition) is 5. The summed E-state index contributed by atoms with van der Waals surface area (Å²) < 4.78 is 10.8. The molecule has 106 valence electrons. The molecule has 0 atom stereocenters. The predicted octanol–water partition coefficient (Wildman–Crippen LogP) is 2.49. The molecule has 6 nitrogen and oxygen atoms in total. The molecule has 1 aromatic heterocycles. The Bertz CT molecular complexity index is 442. The van der Waals surface area contributed by atoms with E-state index in [2.05, 4.69) is 10.2 Å². The SMILES string of the molecule is Cc1nnc(C2CCN(C(=O)OC(C)(C)C)CC2)o1. The molecule has 1 fully saturated rings. The van der Waals surface area contributed by atoms with Gasteiger partial charge in [0.1, 0.15) is 5.60 Å². The van der Waals surface area contributed by atoms with Crippen LogP contribution in [0, 0.1) is 6.92 Å². The third-order valence-electron chi connectivity index (χ3n) is 3.04. The van der Waals surface area contributed by atoms with Gasteiger partial charge >= 0.3 is 6.09 Å². The van der Waals surface area contributed by atoms with Gasteiger partial charge < -0.3 is 14.1 Å². The highest BCUT2D eigenvalue weighted by Gasteiger charge is 2.29. The van der Waals surface area contributed by atoms with Gasteiger partial charge in [-0.1, -0.05) is 0 Å². The van der Waals surface area contributed by atoms with Crippen molar-refractivity contribution in [3.8, 4) is 0 Å². The van der Waals surface area contributed by atoms with Crippen molar-refractivity contribution in [2.45, 2.75) is 52.1 Å². The minimum atomic E-state index is -0.447. The van der Waals surface area contributed by atoms with Crippen LogP contribution in [-0.4, -0.2) is 39.9 Å². The Hall–Kier alpha value is -1.59. The standard InChI is InChI=1S/C13H21N3O3/c1-9-14-15-11(18-9)10-5-7-16(8-6-10)12(17)19-13(2,3)4/h10H,5-8H2,1-4H3. The molecule has 1 amide bonds. The lowest BCUT2D eigenvalue weighted by molar-refractivity contribution is 0.0199. The largest absolute Gasteiger partial charge is 0.444 e. The fraction of sp³-hybridized carbons (Fsp3) is 0.769. The molecule has 0 saturated carbocycles. The summed E-state index contributed by atoms with van der Waals surface area (Å²) in [6, 6.07) is 0. The van der Waals surface area contributed by atoms with E-state index in [0.29, 0.717) is 24.9 Å². The highest BCUT2D eigenvalue weighted by Crippen LogP contribution is 2.27. The lowest BCUT2D eigenvalue weighted by Gasteiger charge is -2.32. The Labute approximate surface area is 113 Å². The van der Waals surface area contributed by atoms with E-state index >= 15 is 0 Å². The Balaban J connectivity index is 1.87. The first-order valence-corrected chi connectivity index (χ1v) is 6.63.